The summed E-state index contributed by atoms with van der Waals surface area (Å²) in [7, 11) is 1.56. The normalized spacial score (nSPS) is 19.8. The Balaban J connectivity index is 1.43. The van der Waals surface area contributed by atoms with E-state index in [0.29, 0.717) is 11.9 Å². The minimum atomic E-state index is -0.523. The summed E-state index contributed by atoms with van der Waals surface area (Å²) >= 11 is 0. The van der Waals surface area contributed by atoms with Crippen LogP contribution >= 0.6 is 0 Å². The number of nitrogens with one attached hydrogen (secondary N) is 1. The Morgan fingerprint density at radius 3 is 2.86 bits per heavy atom. The zero-order valence-electron chi connectivity index (χ0n) is 15.6. The van der Waals surface area contributed by atoms with Crippen molar-refractivity contribution >= 4 is 0 Å². The highest BCUT2D eigenvalue weighted by Crippen LogP contribution is 2.36. The van der Waals surface area contributed by atoms with E-state index in [1.807, 2.05) is 0 Å². The molecule has 3 heterocycles. The molecule has 1 fully saturated rings. The Kier molecular flexibility index (Phi) is 3.99. The maximum absolute atomic E-state index is 12.1. The quantitative estimate of drug-likeness (QED) is 0.718. The predicted molar refractivity (Wildman–Crippen MR) is 97.9 cm³/mol. The summed E-state index contributed by atoms with van der Waals surface area (Å²) in [4.78, 5) is 30.3. The lowest BCUT2D eigenvalue weighted by atomic mass is 9.89. The van der Waals surface area contributed by atoms with E-state index in [1.54, 1.807) is 7.05 Å². The average Bonchev–Trinajstić information content (AvgIpc) is 3.44. The summed E-state index contributed by atoms with van der Waals surface area (Å²) < 4.78 is 8.87. The third kappa shape index (κ3) is 2.79. The van der Waals surface area contributed by atoms with Crippen LogP contribution in [0, 0.1) is 0 Å². The first-order valence-electron chi connectivity index (χ1n) is 9.67. The Morgan fingerprint density at radius 2 is 2.04 bits per heavy atom. The molecule has 1 N–H and O–H groups in total. The van der Waals surface area contributed by atoms with Crippen molar-refractivity contribution < 1.29 is 4.52 Å². The Morgan fingerprint density at radius 1 is 1.21 bits per heavy atom. The lowest BCUT2D eigenvalue weighted by Gasteiger charge is -2.21. The number of H-pyrrole nitrogens is 1. The van der Waals surface area contributed by atoms with Gasteiger partial charge in [-0.15, -0.1) is 5.10 Å². The zero-order chi connectivity index (χ0) is 19.3. The first-order valence-corrected chi connectivity index (χ1v) is 9.67. The lowest BCUT2D eigenvalue weighted by Crippen LogP contribution is -2.28. The molecule has 10 heteroatoms. The molecule has 1 atom stereocenters. The molecule has 10 nitrogen and oxygen atoms in total. The second kappa shape index (κ2) is 6.54. The van der Waals surface area contributed by atoms with Gasteiger partial charge in [0.1, 0.15) is 5.56 Å². The van der Waals surface area contributed by atoms with E-state index in [0.717, 1.165) is 37.8 Å². The fourth-order valence-corrected chi connectivity index (χ4v) is 4.28. The summed E-state index contributed by atoms with van der Waals surface area (Å²) in [5.41, 5.74) is 1.45. The van der Waals surface area contributed by atoms with Gasteiger partial charge in [0.25, 0.3) is 5.56 Å². The van der Waals surface area contributed by atoms with Crippen molar-refractivity contribution in [3.63, 3.8) is 0 Å². The summed E-state index contributed by atoms with van der Waals surface area (Å²) in [6.45, 7) is 0. The average molecular weight is 383 g/mol. The molecule has 2 aliphatic carbocycles. The standard InChI is InChI=1S/C18H21N7O3/c1-24-9-12(16(26)20-18(24)27)15-19-17(28-22-15)10-6-7-13-14(8-10)25(23-21-13)11-4-2-3-5-11/h9-11H,2-8H2,1H3,(H,20,26,27). The van der Waals surface area contributed by atoms with Crippen molar-refractivity contribution in [3.05, 3.63) is 44.3 Å². The molecule has 3 aromatic rings. The number of aryl methyl sites for hydroxylation is 2. The van der Waals surface area contributed by atoms with Gasteiger partial charge in [0.15, 0.2) is 0 Å². The first-order chi connectivity index (χ1) is 13.6. The Bertz CT molecular complexity index is 1130. The van der Waals surface area contributed by atoms with E-state index in [2.05, 4.69) is 30.1 Å². The van der Waals surface area contributed by atoms with Crippen molar-refractivity contribution in [1.29, 1.82) is 0 Å². The minimum Gasteiger partial charge on any atom is -0.339 e. The molecule has 5 rings (SSSR count). The van der Waals surface area contributed by atoms with Gasteiger partial charge in [-0.3, -0.25) is 9.78 Å². The molecule has 2 aliphatic rings. The molecule has 146 valence electrons. The number of aromatic nitrogens is 7. The van der Waals surface area contributed by atoms with Gasteiger partial charge >= 0.3 is 5.69 Å². The Hall–Kier alpha value is -3.04. The van der Waals surface area contributed by atoms with Crippen molar-refractivity contribution in [2.24, 2.45) is 7.05 Å². The van der Waals surface area contributed by atoms with Gasteiger partial charge in [-0.1, -0.05) is 23.2 Å². The summed E-state index contributed by atoms with van der Waals surface area (Å²) in [6.07, 6.45) is 8.64. The molecule has 0 spiro atoms. The van der Waals surface area contributed by atoms with Crippen LogP contribution in [0.4, 0.5) is 0 Å². The monoisotopic (exact) mass is 383 g/mol. The van der Waals surface area contributed by atoms with Crippen molar-refractivity contribution in [3.8, 4) is 11.4 Å². The largest absolute Gasteiger partial charge is 0.339 e. The molecule has 0 radical (unpaired) electrons. The number of nitrogens with zero attached hydrogens (tertiary/aromatic N) is 6. The number of hydrogen-bond donors (Lipinski definition) is 1. The SMILES string of the molecule is Cn1cc(-c2noc(C3CCc4nnn(C5CCCC5)c4C3)n2)c(=O)[nH]c1=O. The molecular weight excluding hydrogens is 362 g/mol. The first kappa shape index (κ1) is 17.1. The van der Waals surface area contributed by atoms with E-state index in [1.165, 1.54) is 29.3 Å². The summed E-state index contributed by atoms with van der Waals surface area (Å²) in [5, 5.41) is 12.8. The van der Waals surface area contributed by atoms with Crippen LogP contribution in [0.3, 0.4) is 0 Å². The molecule has 1 unspecified atom stereocenters. The minimum absolute atomic E-state index is 0.0685. The van der Waals surface area contributed by atoms with Gasteiger partial charge in [-0.05, 0) is 25.7 Å². The second-order valence-electron chi connectivity index (χ2n) is 7.67. The van der Waals surface area contributed by atoms with Gasteiger partial charge < -0.3 is 9.09 Å². The number of hydrogen-bond acceptors (Lipinski definition) is 7. The summed E-state index contributed by atoms with van der Waals surface area (Å²) in [6, 6.07) is 0.442. The van der Waals surface area contributed by atoms with Crippen LogP contribution < -0.4 is 11.2 Å². The highest BCUT2D eigenvalue weighted by Gasteiger charge is 2.31. The van der Waals surface area contributed by atoms with E-state index in [4.69, 9.17) is 4.52 Å². The molecule has 3 aromatic heterocycles. The topological polar surface area (TPSA) is 124 Å². The van der Waals surface area contributed by atoms with Crippen molar-refractivity contribution in [2.75, 3.05) is 0 Å². The fourth-order valence-electron chi connectivity index (χ4n) is 4.28. The van der Waals surface area contributed by atoms with Gasteiger partial charge in [-0.25, -0.2) is 9.48 Å². The Labute approximate surface area is 159 Å². The molecule has 0 amide bonds. The van der Waals surface area contributed by atoms with Gasteiger partial charge in [-0.2, -0.15) is 4.98 Å². The molecule has 0 saturated heterocycles. The third-order valence-corrected chi connectivity index (χ3v) is 5.85. The smallest absolute Gasteiger partial charge is 0.328 e. The third-order valence-electron chi connectivity index (χ3n) is 5.85. The lowest BCUT2D eigenvalue weighted by molar-refractivity contribution is 0.334. The van der Waals surface area contributed by atoms with Crippen molar-refractivity contribution in [2.45, 2.75) is 56.9 Å². The summed E-state index contributed by atoms with van der Waals surface area (Å²) in [5.74, 6) is 0.771. The van der Waals surface area contributed by atoms with Crippen LogP contribution in [0.2, 0.25) is 0 Å². The number of rotatable bonds is 3. The maximum Gasteiger partial charge on any atom is 0.328 e. The molecule has 0 bridgehead atoms. The second-order valence-corrected chi connectivity index (χ2v) is 7.67. The van der Waals surface area contributed by atoms with Crippen LogP contribution in [0.25, 0.3) is 11.4 Å². The zero-order valence-corrected chi connectivity index (χ0v) is 15.6. The van der Waals surface area contributed by atoms with Crippen LogP contribution in [0.15, 0.2) is 20.3 Å². The van der Waals surface area contributed by atoms with E-state index < -0.39 is 11.2 Å². The molecule has 0 aliphatic heterocycles. The van der Waals surface area contributed by atoms with E-state index in [-0.39, 0.29) is 17.3 Å². The molecule has 0 aromatic carbocycles. The van der Waals surface area contributed by atoms with E-state index >= 15 is 0 Å². The number of fused-ring (bicyclic) bond motifs is 1. The predicted octanol–water partition coefficient (Wildman–Crippen LogP) is 1.10. The highest BCUT2D eigenvalue weighted by molar-refractivity contribution is 5.50. The highest BCUT2D eigenvalue weighted by atomic mass is 16.5. The van der Waals surface area contributed by atoms with Crippen LogP contribution in [0.1, 0.15) is 61.3 Å². The van der Waals surface area contributed by atoms with E-state index in [9.17, 15) is 9.59 Å². The number of aromatic amines is 1. The molecule has 1 saturated carbocycles. The van der Waals surface area contributed by atoms with Crippen LogP contribution in [-0.4, -0.2) is 34.7 Å². The van der Waals surface area contributed by atoms with Crippen molar-refractivity contribution in [1.82, 2.24) is 34.7 Å². The van der Waals surface area contributed by atoms with Gasteiger partial charge in [0.2, 0.25) is 11.7 Å². The molecule has 28 heavy (non-hydrogen) atoms. The molecular formula is C18H21N7O3. The van der Waals surface area contributed by atoms with Crippen LogP contribution in [0.5, 0.6) is 0 Å². The fraction of sp³-hybridized carbons (Fsp3) is 0.556. The van der Waals surface area contributed by atoms with Gasteiger partial charge in [0, 0.05) is 25.6 Å². The maximum atomic E-state index is 12.1. The van der Waals surface area contributed by atoms with Gasteiger partial charge in [0.05, 0.1) is 17.4 Å². The van der Waals surface area contributed by atoms with Crippen LogP contribution in [-0.2, 0) is 19.9 Å².